The zero-order valence-electron chi connectivity index (χ0n) is 12.8. The van der Waals surface area contributed by atoms with Gasteiger partial charge in [0.2, 0.25) is 0 Å². The summed E-state index contributed by atoms with van der Waals surface area (Å²) < 4.78 is 10.7. The second-order valence-corrected chi connectivity index (χ2v) is 5.11. The minimum Gasteiger partial charge on any atom is -0.491 e. The van der Waals surface area contributed by atoms with Gasteiger partial charge >= 0.3 is 0 Å². The Morgan fingerprint density at radius 1 is 1.20 bits per heavy atom. The lowest BCUT2D eigenvalue weighted by Crippen LogP contribution is -2.29. The van der Waals surface area contributed by atoms with Gasteiger partial charge < -0.3 is 19.9 Å². The quantitative estimate of drug-likeness (QED) is 0.646. The first-order valence-corrected chi connectivity index (χ1v) is 7.26. The Morgan fingerprint density at radius 3 is 2.65 bits per heavy atom. The Balaban J connectivity index is 2.66. The van der Waals surface area contributed by atoms with Gasteiger partial charge in [-0.25, -0.2) is 0 Å². The number of hydrogen-bond donors (Lipinski definition) is 2. The molecule has 1 atom stereocenters. The number of ether oxygens (including phenoxy) is 2. The van der Waals surface area contributed by atoms with Crippen LogP contribution in [0.5, 0.6) is 5.75 Å². The van der Waals surface area contributed by atoms with Gasteiger partial charge in [-0.15, -0.1) is 0 Å². The van der Waals surface area contributed by atoms with Crippen LogP contribution >= 0.6 is 0 Å². The average molecular weight is 281 g/mol. The maximum atomic E-state index is 10.7. The van der Waals surface area contributed by atoms with Gasteiger partial charge in [-0.1, -0.05) is 25.1 Å². The largest absolute Gasteiger partial charge is 0.491 e. The summed E-state index contributed by atoms with van der Waals surface area (Å²) in [6, 6.07) is 7.64. The van der Waals surface area contributed by atoms with Crippen LogP contribution in [0.25, 0.3) is 0 Å². The molecule has 1 aromatic rings. The van der Waals surface area contributed by atoms with Crippen LogP contribution in [-0.4, -0.2) is 38.5 Å². The van der Waals surface area contributed by atoms with Crippen LogP contribution < -0.4 is 10.1 Å². The van der Waals surface area contributed by atoms with Crippen molar-refractivity contribution in [2.24, 2.45) is 0 Å². The molecule has 0 bridgehead atoms. The smallest absolute Gasteiger partial charge is 0.125 e. The molecule has 4 nitrogen and oxygen atoms in total. The second-order valence-electron chi connectivity index (χ2n) is 5.11. The first kappa shape index (κ1) is 17.0. The minimum atomic E-state index is -0.898. The Hall–Kier alpha value is -1.10. The van der Waals surface area contributed by atoms with Crippen molar-refractivity contribution < 1.29 is 14.6 Å². The van der Waals surface area contributed by atoms with Crippen molar-refractivity contribution in [1.29, 1.82) is 0 Å². The highest BCUT2D eigenvalue weighted by atomic mass is 16.5. The fourth-order valence-corrected chi connectivity index (χ4v) is 2.04. The lowest BCUT2D eigenvalue weighted by molar-refractivity contribution is 0.0438. The number of para-hydroxylation sites is 1. The van der Waals surface area contributed by atoms with Crippen molar-refractivity contribution in [1.82, 2.24) is 5.32 Å². The molecule has 1 rings (SSSR count). The van der Waals surface area contributed by atoms with E-state index in [0.29, 0.717) is 19.6 Å². The molecule has 1 unspecified atom stereocenters. The van der Waals surface area contributed by atoms with Gasteiger partial charge in [-0.05, 0) is 38.9 Å². The van der Waals surface area contributed by atoms with Crippen LogP contribution in [0.1, 0.15) is 32.3 Å². The van der Waals surface area contributed by atoms with E-state index in [0.717, 1.165) is 30.8 Å². The van der Waals surface area contributed by atoms with Crippen LogP contribution in [0, 0.1) is 0 Å². The minimum absolute atomic E-state index is 0.484. The van der Waals surface area contributed by atoms with Gasteiger partial charge in [0.15, 0.2) is 0 Å². The first-order chi connectivity index (χ1) is 9.61. The third-order valence-corrected chi connectivity index (χ3v) is 3.23. The molecule has 0 fully saturated rings. The van der Waals surface area contributed by atoms with E-state index in [2.05, 4.69) is 12.2 Å². The molecule has 0 aliphatic heterocycles. The van der Waals surface area contributed by atoms with Gasteiger partial charge in [-0.2, -0.15) is 0 Å². The Bertz CT molecular complexity index is 380. The molecule has 20 heavy (non-hydrogen) atoms. The van der Waals surface area contributed by atoms with E-state index in [9.17, 15) is 5.11 Å². The molecule has 0 heterocycles. The molecule has 0 aliphatic carbocycles. The van der Waals surface area contributed by atoms with E-state index in [1.807, 2.05) is 31.2 Å². The molecule has 0 aromatic heterocycles. The second kappa shape index (κ2) is 8.95. The molecule has 0 aliphatic rings. The number of rotatable bonds is 10. The monoisotopic (exact) mass is 281 g/mol. The van der Waals surface area contributed by atoms with Gasteiger partial charge in [0.25, 0.3) is 0 Å². The zero-order chi connectivity index (χ0) is 14.8. The molecule has 0 amide bonds. The molecule has 0 radical (unpaired) electrons. The van der Waals surface area contributed by atoms with E-state index in [4.69, 9.17) is 9.47 Å². The number of hydrogen-bond acceptors (Lipinski definition) is 4. The van der Waals surface area contributed by atoms with Crippen molar-refractivity contribution in [2.75, 3.05) is 33.4 Å². The Kier molecular flexibility index (Phi) is 7.59. The topological polar surface area (TPSA) is 50.7 Å². The maximum Gasteiger partial charge on any atom is 0.125 e. The lowest BCUT2D eigenvalue weighted by atomic mass is 9.91. The summed E-state index contributed by atoms with van der Waals surface area (Å²) in [7, 11) is 1.64. The highest BCUT2D eigenvalue weighted by molar-refractivity contribution is 5.37. The molecule has 4 heteroatoms. The average Bonchev–Trinajstić information content (AvgIpc) is 2.44. The third kappa shape index (κ3) is 5.49. The molecule has 1 aromatic carbocycles. The standard InChI is InChI=1S/C16H27NO3/c1-4-10-17-11-9-16(2,18)14-7-5-6-8-15(14)20-13-12-19-3/h5-8,17-18H,4,9-13H2,1-3H3. The van der Waals surface area contributed by atoms with Gasteiger partial charge in [0.1, 0.15) is 12.4 Å². The summed E-state index contributed by atoms with van der Waals surface area (Å²) in [5.41, 5.74) is -0.0703. The number of aliphatic hydroxyl groups is 1. The summed E-state index contributed by atoms with van der Waals surface area (Å²) in [4.78, 5) is 0. The van der Waals surface area contributed by atoms with Crippen molar-refractivity contribution in [3.8, 4) is 5.75 Å². The summed E-state index contributed by atoms with van der Waals surface area (Å²) in [6.45, 7) is 6.74. The van der Waals surface area contributed by atoms with Crippen molar-refractivity contribution in [3.05, 3.63) is 29.8 Å². The number of methoxy groups -OCH3 is 1. The van der Waals surface area contributed by atoms with Crippen LogP contribution in [0.15, 0.2) is 24.3 Å². The van der Waals surface area contributed by atoms with Crippen LogP contribution in [0.3, 0.4) is 0 Å². The summed E-state index contributed by atoms with van der Waals surface area (Å²) in [5.74, 6) is 0.727. The normalized spacial score (nSPS) is 14.0. The van der Waals surface area contributed by atoms with Gasteiger partial charge in [-0.3, -0.25) is 0 Å². The summed E-state index contributed by atoms with van der Waals surface area (Å²) in [5, 5.41) is 14.0. The van der Waals surface area contributed by atoms with Crippen molar-refractivity contribution >= 4 is 0 Å². The van der Waals surface area contributed by atoms with Crippen LogP contribution in [0.2, 0.25) is 0 Å². The fourth-order valence-electron chi connectivity index (χ4n) is 2.04. The Labute approximate surface area is 122 Å². The Morgan fingerprint density at radius 2 is 1.95 bits per heavy atom. The SMILES string of the molecule is CCCNCCC(C)(O)c1ccccc1OCCOC. The van der Waals surface area contributed by atoms with Gasteiger partial charge in [0.05, 0.1) is 12.2 Å². The van der Waals surface area contributed by atoms with E-state index < -0.39 is 5.60 Å². The fraction of sp³-hybridized carbons (Fsp3) is 0.625. The van der Waals surface area contributed by atoms with Crippen LogP contribution in [-0.2, 0) is 10.3 Å². The summed E-state index contributed by atoms with van der Waals surface area (Å²) >= 11 is 0. The van der Waals surface area contributed by atoms with E-state index in [-0.39, 0.29) is 0 Å². The molecule has 0 spiro atoms. The van der Waals surface area contributed by atoms with Crippen molar-refractivity contribution in [2.45, 2.75) is 32.3 Å². The van der Waals surface area contributed by atoms with Crippen molar-refractivity contribution in [3.63, 3.8) is 0 Å². The van der Waals surface area contributed by atoms with E-state index >= 15 is 0 Å². The number of nitrogens with one attached hydrogen (secondary N) is 1. The molecular formula is C16H27NO3. The maximum absolute atomic E-state index is 10.7. The zero-order valence-corrected chi connectivity index (χ0v) is 12.8. The molecule has 114 valence electrons. The van der Waals surface area contributed by atoms with Crippen LogP contribution in [0.4, 0.5) is 0 Å². The molecule has 2 N–H and O–H groups in total. The van der Waals surface area contributed by atoms with E-state index in [1.165, 1.54) is 0 Å². The summed E-state index contributed by atoms with van der Waals surface area (Å²) in [6.07, 6.45) is 1.75. The molecule has 0 saturated heterocycles. The molecular weight excluding hydrogens is 254 g/mol. The molecule has 0 saturated carbocycles. The van der Waals surface area contributed by atoms with E-state index in [1.54, 1.807) is 7.11 Å². The lowest BCUT2D eigenvalue weighted by Gasteiger charge is -2.26. The predicted octanol–water partition coefficient (Wildman–Crippen LogP) is 2.31. The highest BCUT2D eigenvalue weighted by Gasteiger charge is 2.26. The number of benzene rings is 1. The first-order valence-electron chi connectivity index (χ1n) is 7.26. The van der Waals surface area contributed by atoms with Gasteiger partial charge in [0, 0.05) is 12.7 Å². The predicted molar refractivity (Wildman–Crippen MR) is 81.2 cm³/mol. The highest BCUT2D eigenvalue weighted by Crippen LogP contribution is 2.32. The third-order valence-electron chi connectivity index (χ3n) is 3.23.